The third kappa shape index (κ3) is 3.26. The third-order valence-electron chi connectivity index (χ3n) is 4.65. The molecule has 138 valence electrons. The van der Waals surface area contributed by atoms with E-state index in [2.05, 4.69) is 6.07 Å². The number of hydrogen-bond acceptors (Lipinski definition) is 5. The lowest BCUT2D eigenvalue weighted by Crippen LogP contribution is -2.42. The van der Waals surface area contributed by atoms with Crippen molar-refractivity contribution in [1.82, 2.24) is 4.90 Å². The van der Waals surface area contributed by atoms with Gasteiger partial charge in [-0.1, -0.05) is 54.6 Å². The summed E-state index contributed by atoms with van der Waals surface area (Å²) in [6.45, 7) is 0.0730. The second-order valence-corrected chi connectivity index (χ2v) is 6.39. The molecule has 2 aromatic rings. The van der Waals surface area contributed by atoms with Crippen molar-refractivity contribution in [3.8, 4) is 6.07 Å². The molecule has 0 aliphatic carbocycles. The molecule has 0 aromatic heterocycles. The normalized spacial score (nSPS) is 20.0. The topological polar surface area (TPSA) is 79.6 Å². The van der Waals surface area contributed by atoms with Gasteiger partial charge in [0.2, 0.25) is 0 Å². The van der Waals surface area contributed by atoms with Gasteiger partial charge in [-0.25, -0.2) is 9.59 Å². The van der Waals surface area contributed by atoms with Gasteiger partial charge in [0.15, 0.2) is 0 Å². The number of ether oxygens (including phenoxy) is 2. The molecular formula is C22H16N2O4. The van der Waals surface area contributed by atoms with Crippen LogP contribution in [0.25, 0.3) is 6.08 Å². The zero-order valence-corrected chi connectivity index (χ0v) is 14.8. The molecule has 2 aromatic carbocycles. The van der Waals surface area contributed by atoms with E-state index in [1.54, 1.807) is 12.2 Å². The molecule has 6 heteroatoms. The Bertz CT molecular complexity index is 1020. The van der Waals surface area contributed by atoms with Gasteiger partial charge in [-0.3, -0.25) is 4.90 Å². The predicted octanol–water partition coefficient (Wildman–Crippen LogP) is 3.73. The third-order valence-corrected chi connectivity index (χ3v) is 4.65. The monoisotopic (exact) mass is 372 g/mol. The van der Waals surface area contributed by atoms with Crippen molar-refractivity contribution < 1.29 is 19.1 Å². The molecule has 1 amide bonds. The molecule has 0 saturated carbocycles. The lowest BCUT2D eigenvalue weighted by atomic mass is 9.91. The van der Waals surface area contributed by atoms with Crippen molar-refractivity contribution in [1.29, 1.82) is 5.26 Å². The molecule has 0 spiro atoms. The Kier molecular flexibility index (Phi) is 4.65. The molecule has 0 saturated heterocycles. The van der Waals surface area contributed by atoms with Gasteiger partial charge in [-0.2, -0.15) is 5.26 Å². The van der Waals surface area contributed by atoms with Crippen molar-refractivity contribution in [2.24, 2.45) is 0 Å². The highest BCUT2D eigenvalue weighted by atomic mass is 16.6. The van der Waals surface area contributed by atoms with Gasteiger partial charge in [0.25, 0.3) is 0 Å². The standard InChI is InChI=1S/C22H16N2O4/c23-13-17-12-16-8-4-5-9-18(16)21(19-10-11-20(25)28-19)24(17)22(26)27-14-15-6-2-1-3-7-15/h1-12,19,21H,14H2/t19-,21-/m0/s1. The van der Waals surface area contributed by atoms with Crippen LogP contribution in [0.3, 0.4) is 0 Å². The summed E-state index contributed by atoms with van der Waals surface area (Å²) < 4.78 is 10.8. The Morgan fingerprint density at radius 1 is 1.14 bits per heavy atom. The zero-order chi connectivity index (χ0) is 19.5. The number of cyclic esters (lactones) is 1. The summed E-state index contributed by atoms with van der Waals surface area (Å²) in [5.74, 6) is -0.479. The summed E-state index contributed by atoms with van der Waals surface area (Å²) in [7, 11) is 0. The molecule has 28 heavy (non-hydrogen) atoms. The van der Waals surface area contributed by atoms with Crippen molar-refractivity contribution >= 4 is 18.1 Å². The summed E-state index contributed by atoms with van der Waals surface area (Å²) >= 11 is 0. The highest BCUT2D eigenvalue weighted by molar-refractivity contribution is 5.85. The Balaban J connectivity index is 1.68. The van der Waals surface area contributed by atoms with E-state index in [0.29, 0.717) is 0 Å². The number of nitriles is 1. The van der Waals surface area contributed by atoms with Crippen LogP contribution in [-0.2, 0) is 20.9 Å². The van der Waals surface area contributed by atoms with Crippen LogP contribution in [0.2, 0.25) is 0 Å². The molecule has 0 N–H and O–H groups in total. The largest absolute Gasteiger partial charge is 0.452 e. The van der Waals surface area contributed by atoms with Gasteiger partial charge in [-0.15, -0.1) is 0 Å². The summed E-state index contributed by atoms with van der Waals surface area (Å²) in [5.41, 5.74) is 2.55. The van der Waals surface area contributed by atoms with E-state index in [1.165, 1.54) is 11.0 Å². The van der Waals surface area contributed by atoms with Crippen LogP contribution in [0.1, 0.15) is 22.7 Å². The molecule has 2 heterocycles. The molecule has 0 radical (unpaired) electrons. The van der Waals surface area contributed by atoms with Crippen molar-refractivity contribution in [3.05, 3.63) is 89.1 Å². The summed E-state index contributed by atoms with van der Waals surface area (Å²) in [6.07, 6.45) is 3.19. The second-order valence-electron chi connectivity index (χ2n) is 6.39. The number of hydrogen-bond donors (Lipinski definition) is 0. The Morgan fingerprint density at radius 3 is 2.61 bits per heavy atom. The minimum absolute atomic E-state index is 0.0730. The number of carbonyl (C=O) groups is 2. The van der Waals surface area contributed by atoms with E-state index in [0.717, 1.165) is 16.7 Å². The molecular weight excluding hydrogens is 356 g/mol. The molecule has 0 fully saturated rings. The number of benzene rings is 2. The lowest BCUT2D eigenvalue weighted by Gasteiger charge is -2.36. The summed E-state index contributed by atoms with van der Waals surface area (Å²) in [4.78, 5) is 25.8. The van der Waals surface area contributed by atoms with Gasteiger partial charge in [0.05, 0.1) is 0 Å². The lowest BCUT2D eigenvalue weighted by molar-refractivity contribution is -0.140. The molecule has 2 aliphatic heterocycles. The summed E-state index contributed by atoms with van der Waals surface area (Å²) in [5, 5.41) is 9.64. The van der Waals surface area contributed by atoms with E-state index in [9.17, 15) is 14.9 Å². The minimum Gasteiger partial charge on any atom is -0.452 e. The maximum Gasteiger partial charge on any atom is 0.415 e. The van der Waals surface area contributed by atoms with E-state index >= 15 is 0 Å². The van der Waals surface area contributed by atoms with E-state index in [-0.39, 0.29) is 12.3 Å². The van der Waals surface area contributed by atoms with E-state index < -0.39 is 24.2 Å². The Hall–Kier alpha value is -3.85. The first-order valence-corrected chi connectivity index (χ1v) is 8.77. The fourth-order valence-corrected chi connectivity index (χ4v) is 3.38. The van der Waals surface area contributed by atoms with E-state index in [4.69, 9.17) is 9.47 Å². The molecule has 6 nitrogen and oxygen atoms in total. The highest BCUT2D eigenvalue weighted by Gasteiger charge is 2.41. The Labute approximate surface area is 161 Å². The number of fused-ring (bicyclic) bond motifs is 1. The van der Waals surface area contributed by atoms with Crippen LogP contribution < -0.4 is 0 Å². The zero-order valence-electron chi connectivity index (χ0n) is 14.8. The predicted molar refractivity (Wildman–Crippen MR) is 100 cm³/mol. The quantitative estimate of drug-likeness (QED) is 0.767. The average Bonchev–Trinajstić information content (AvgIpc) is 3.17. The fraction of sp³-hybridized carbons (Fsp3) is 0.136. The van der Waals surface area contributed by atoms with Gasteiger partial charge in [0, 0.05) is 6.08 Å². The molecule has 2 aliphatic rings. The van der Waals surface area contributed by atoms with Crippen LogP contribution in [0, 0.1) is 11.3 Å². The van der Waals surface area contributed by atoms with Gasteiger partial charge < -0.3 is 9.47 Å². The van der Waals surface area contributed by atoms with Crippen LogP contribution in [0.5, 0.6) is 0 Å². The van der Waals surface area contributed by atoms with Gasteiger partial charge in [-0.05, 0) is 28.8 Å². The maximum atomic E-state index is 12.9. The molecule has 2 atom stereocenters. The maximum absolute atomic E-state index is 12.9. The minimum atomic E-state index is -0.699. The first kappa shape index (κ1) is 17.6. The van der Waals surface area contributed by atoms with Gasteiger partial charge >= 0.3 is 12.1 Å². The van der Waals surface area contributed by atoms with Crippen LogP contribution in [0.4, 0.5) is 4.79 Å². The number of amides is 1. The number of allylic oxidation sites excluding steroid dienone is 1. The molecule has 4 rings (SSSR count). The first-order chi connectivity index (χ1) is 13.7. The number of nitrogens with zero attached hydrogens (tertiary/aromatic N) is 2. The van der Waals surface area contributed by atoms with Crippen LogP contribution in [-0.4, -0.2) is 23.1 Å². The van der Waals surface area contributed by atoms with E-state index in [1.807, 2.05) is 54.6 Å². The Morgan fingerprint density at radius 2 is 1.89 bits per heavy atom. The number of carbonyl (C=O) groups excluding carboxylic acids is 2. The van der Waals surface area contributed by atoms with Crippen molar-refractivity contribution in [3.63, 3.8) is 0 Å². The molecule has 0 bridgehead atoms. The van der Waals surface area contributed by atoms with Gasteiger partial charge in [0.1, 0.15) is 30.5 Å². The average molecular weight is 372 g/mol. The molecule has 0 unspecified atom stereocenters. The van der Waals surface area contributed by atoms with Crippen molar-refractivity contribution in [2.45, 2.75) is 18.8 Å². The summed E-state index contributed by atoms with van der Waals surface area (Å²) in [6, 6.07) is 18.0. The second kappa shape index (κ2) is 7.41. The highest BCUT2D eigenvalue weighted by Crippen LogP contribution is 2.39. The van der Waals surface area contributed by atoms with Crippen LogP contribution in [0.15, 0.2) is 72.4 Å². The number of esters is 1. The van der Waals surface area contributed by atoms with Crippen LogP contribution >= 0.6 is 0 Å². The first-order valence-electron chi connectivity index (χ1n) is 8.77. The number of rotatable bonds is 3. The fourth-order valence-electron chi connectivity index (χ4n) is 3.38. The SMILES string of the molecule is N#CC1=Cc2ccccc2[C@@H]([C@@H]2C=CC(=O)O2)N1C(=O)OCc1ccccc1. The smallest absolute Gasteiger partial charge is 0.415 e. The van der Waals surface area contributed by atoms with Crippen molar-refractivity contribution in [2.75, 3.05) is 0 Å².